The van der Waals surface area contributed by atoms with Crippen molar-refractivity contribution in [2.24, 2.45) is 0 Å². The van der Waals surface area contributed by atoms with E-state index in [0.717, 1.165) is 33.8 Å². The predicted molar refractivity (Wildman–Crippen MR) is 95.7 cm³/mol. The number of aromatic nitrogens is 2. The number of aromatic amines is 1. The largest absolute Gasteiger partial charge is 0.478 e. The first-order valence-corrected chi connectivity index (χ1v) is 7.63. The molecule has 0 aliphatic carbocycles. The molecule has 0 atom stereocenters. The number of aliphatic carboxylic acids is 1. The molecule has 1 aliphatic rings. The van der Waals surface area contributed by atoms with E-state index in [1.165, 1.54) is 6.08 Å². The highest BCUT2D eigenvalue weighted by Crippen LogP contribution is 2.33. The molecule has 4 rings (SSSR count). The molecule has 1 aromatic heterocycles. The van der Waals surface area contributed by atoms with Gasteiger partial charge in [0.15, 0.2) is 0 Å². The number of hydrogen-bond acceptors (Lipinski definition) is 3. The van der Waals surface area contributed by atoms with Gasteiger partial charge in [-0.3, -0.25) is 9.89 Å². The summed E-state index contributed by atoms with van der Waals surface area (Å²) in [5, 5.41) is 19.4. The smallest absolute Gasteiger partial charge is 0.328 e. The van der Waals surface area contributed by atoms with Crippen LogP contribution in [-0.2, 0) is 9.59 Å². The maximum Gasteiger partial charge on any atom is 0.328 e. The van der Waals surface area contributed by atoms with Gasteiger partial charge in [0.2, 0.25) is 0 Å². The molecule has 0 unspecified atom stereocenters. The van der Waals surface area contributed by atoms with E-state index in [4.69, 9.17) is 5.11 Å². The lowest BCUT2D eigenvalue weighted by Gasteiger charge is -1.99. The molecule has 1 aliphatic heterocycles. The van der Waals surface area contributed by atoms with Crippen LogP contribution in [0.15, 0.2) is 48.5 Å². The molecule has 2 aromatic carbocycles. The van der Waals surface area contributed by atoms with Crippen LogP contribution in [0.4, 0.5) is 5.69 Å². The predicted octanol–water partition coefficient (Wildman–Crippen LogP) is 3.15. The first-order chi connectivity index (χ1) is 12.1. The Labute approximate surface area is 142 Å². The third kappa shape index (κ3) is 2.70. The Morgan fingerprint density at radius 2 is 2.00 bits per heavy atom. The minimum atomic E-state index is -1.02. The Balaban J connectivity index is 1.74. The van der Waals surface area contributed by atoms with Gasteiger partial charge in [-0.2, -0.15) is 5.10 Å². The number of carbonyl (C=O) groups is 2. The van der Waals surface area contributed by atoms with Crippen molar-refractivity contribution >= 4 is 46.2 Å². The molecular formula is C19H13N3O3. The van der Waals surface area contributed by atoms with Gasteiger partial charge in [-0.05, 0) is 35.9 Å². The summed E-state index contributed by atoms with van der Waals surface area (Å²) in [5.74, 6) is -1.15. The fraction of sp³-hybridized carbons (Fsp3) is 0. The van der Waals surface area contributed by atoms with Crippen molar-refractivity contribution in [3.8, 4) is 0 Å². The minimum Gasteiger partial charge on any atom is -0.478 e. The number of carboxylic acid groups (broad SMARTS) is 1. The number of rotatable bonds is 3. The van der Waals surface area contributed by atoms with Crippen molar-refractivity contribution in [2.75, 3.05) is 5.32 Å². The van der Waals surface area contributed by atoms with E-state index < -0.39 is 5.97 Å². The lowest BCUT2D eigenvalue weighted by molar-refractivity contribution is -0.131. The first kappa shape index (κ1) is 14.9. The molecule has 0 saturated carbocycles. The third-order valence-corrected chi connectivity index (χ3v) is 4.02. The molecule has 0 spiro atoms. The normalized spacial score (nSPS) is 15.0. The number of anilines is 1. The fourth-order valence-electron chi connectivity index (χ4n) is 2.87. The van der Waals surface area contributed by atoms with Gasteiger partial charge in [-0.15, -0.1) is 0 Å². The number of H-pyrrole nitrogens is 1. The van der Waals surface area contributed by atoms with Gasteiger partial charge >= 0.3 is 5.97 Å². The Kier molecular flexibility index (Phi) is 3.43. The number of amides is 1. The third-order valence-electron chi connectivity index (χ3n) is 4.02. The van der Waals surface area contributed by atoms with Crippen molar-refractivity contribution in [1.29, 1.82) is 0 Å². The number of carbonyl (C=O) groups excluding carboxylic acids is 1. The molecule has 2 heterocycles. The molecule has 122 valence electrons. The van der Waals surface area contributed by atoms with Gasteiger partial charge in [0.1, 0.15) is 0 Å². The Morgan fingerprint density at radius 1 is 1.16 bits per heavy atom. The Morgan fingerprint density at radius 3 is 2.84 bits per heavy atom. The van der Waals surface area contributed by atoms with E-state index in [1.54, 1.807) is 0 Å². The maximum atomic E-state index is 12.2. The number of nitrogens with one attached hydrogen (secondary N) is 2. The van der Waals surface area contributed by atoms with Crippen LogP contribution in [0, 0.1) is 0 Å². The van der Waals surface area contributed by atoms with Crippen LogP contribution in [0.3, 0.4) is 0 Å². The number of nitrogens with zero attached hydrogens (tertiary/aromatic N) is 1. The van der Waals surface area contributed by atoms with Gasteiger partial charge in [0.25, 0.3) is 5.91 Å². The van der Waals surface area contributed by atoms with Crippen LogP contribution in [-0.4, -0.2) is 27.2 Å². The summed E-state index contributed by atoms with van der Waals surface area (Å²) in [4.78, 5) is 22.8. The van der Waals surface area contributed by atoms with Gasteiger partial charge in [0, 0.05) is 28.3 Å². The van der Waals surface area contributed by atoms with Crippen molar-refractivity contribution in [3.05, 3.63) is 65.4 Å². The second-order valence-electron chi connectivity index (χ2n) is 5.64. The maximum absolute atomic E-state index is 12.2. The summed E-state index contributed by atoms with van der Waals surface area (Å²) in [6.45, 7) is 0. The van der Waals surface area contributed by atoms with Crippen LogP contribution >= 0.6 is 0 Å². The highest BCUT2D eigenvalue weighted by atomic mass is 16.4. The molecule has 6 nitrogen and oxygen atoms in total. The molecule has 0 bridgehead atoms. The van der Waals surface area contributed by atoms with E-state index in [0.29, 0.717) is 11.3 Å². The van der Waals surface area contributed by atoms with E-state index in [2.05, 4.69) is 15.5 Å². The molecule has 0 fully saturated rings. The summed E-state index contributed by atoms with van der Waals surface area (Å²) in [7, 11) is 0. The quantitative estimate of drug-likeness (QED) is 0.643. The van der Waals surface area contributed by atoms with E-state index >= 15 is 0 Å². The van der Waals surface area contributed by atoms with Crippen molar-refractivity contribution < 1.29 is 14.7 Å². The van der Waals surface area contributed by atoms with E-state index in [9.17, 15) is 9.59 Å². The van der Waals surface area contributed by atoms with Crippen molar-refractivity contribution in [1.82, 2.24) is 10.2 Å². The zero-order valence-corrected chi connectivity index (χ0v) is 13.0. The number of benzene rings is 2. The Hall–Kier alpha value is -3.67. The van der Waals surface area contributed by atoms with Crippen LogP contribution in [0.25, 0.3) is 28.6 Å². The SMILES string of the molecule is O=C(O)/C=C/c1n[nH]c2cc(/C=C3/C(=O)Nc4ccccc43)ccc12. The van der Waals surface area contributed by atoms with Crippen molar-refractivity contribution in [3.63, 3.8) is 0 Å². The summed E-state index contributed by atoms with van der Waals surface area (Å²) < 4.78 is 0. The molecule has 0 radical (unpaired) electrons. The Bertz CT molecular complexity index is 1080. The number of carboxylic acids is 1. The fourth-order valence-corrected chi connectivity index (χ4v) is 2.87. The summed E-state index contributed by atoms with van der Waals surface area (Å²) >= 11 is 0. The average Bonchev–Trinajstić information content (AvgIpc) is 3.14. The molecule has 1 amide bonds. The lowest BCUT2D eigenvalue weighted by Crippen LogP contribution is -2.03. The summed E-state index contributed by atoms with van der Waals surface area (Å²) in [6, 6.07) is 13.1. The molecule has 6 heteroatoms. The molecule has 0 saturated heterocycles. The van der Waals surface area contributed by atoms with Gasteiger partial charge < -0.3 is 10.4 Å². The van der Waals surface area contributed by atoms with Crippen LogP contribution in [0.1, 0.15) is 16.8 Å². The van der Waals surface area contributed by atoms with Gasteiger partial charge in [0.05, 0.1) is 11.2 Å². The standard InChI is InChI=1S/C19H13N3O3/c23-18(24)8-7-16-13-6-5-11(10-17(13)22-21-16)9-14-12-3-1-2-4-15(12)20-19(14)25/h1-10H,(H,20,25)(H,21,22)(H,23,24)/b8-7+,14-9+. The second-order valence-corrected chi connectivity index (χ2v) is 5.64. The molecular weight excluding hydrogens is 318 g/mol. The van der Waals surface area contributed by atoms with Gasteiger partial charge in [-0.1, -0.05) is 24.3 Å². The van der Waals surface area contributed by atoms with Crippen molar-refractivity contribution in [2.45, 2.75) is 0 Å². The first-order valence-electron chi connectivity index (χ1n) is 7.63. The lowest BCUT2D eigenvalue weighted by atomic mass is 10.0. The molecule has 3 aromatic rings. The number of hydrogen-bond donors (Lipinski definition) is 3. The van der Waals surface area contributed by atoms with E-state index in [1.807, 2.05) is 48.5 Å². The highest BCUT2D eigenvalue weighted by molar-refractivity contribution is 6.34. The van der Waals surface area contributed by atoms with E-state index in [-0.39, 0.29) is 5.91 Å². The topological polar surface area (TPSA) is 95.1 Å². The summed E-state index contributed by atoms with van der Waals surface area (Å²) in [6.07, 6.45) is 4.32. The molecule has 3 N–H and O–H groups in total. The second kappa shape index (κ2) is 5.76. The van der Waals surface area contributed by atoms with Crippen LogP contribution in [0.5, 0.6) is 0 Å². The monoisotopic (exact) mass is 331 g/mol. The number of para-hydroxylation sites is 1. The highest BCUT2D eigenvalue weighted by Gasteiger charge is 2.23. The molecule has 25 heavy (non-hydrogen) atoms. The summed E-state index contributed by atoms with van der Waals surface area (Å²) in [5.41, 5.74) is 4.48. The van der Waals surface area contributed by atoms with Gasteiger partial charge in [-0.25, -0.2) is 4.79 Å². The zero-order chi connectivity index (χ0) is 17.4. The number of fused-ring (bicyclic) bond motifs is 2. The average molecular weight is 331 g/mol. The van der Waals surface area contributed by atoms with Crippen LogP contribution < -0.4 is 5.32 Å². The minimum absolute atomic E-state index is 0.129. The zero-order valence-electron chi connectivity index (χ0n) is 13.0. The van der Waals surface area contributed by atoms with Crippen LogP contribution in [0.2, 0.25) is 0 Å².